The Morgan fingerprint density at radius 1 is 1.06 bits per heavy atom. The van der Waals surface area contributed by atoms with Crippen molar-refractivity contribution in [3.05, 3.63) is 71.8 Å². The van der Waals surface area contributed by atoms with Gasteiger partial charge in [0, 0.05) is 4.75 Å². The van der Waals surface area contributed by atoms with Crippen molar-refractivity contribution in [1.29, 1.82) is 0 Å². The molecule has 4 rings (SSSR count). The van der Waals surface area contributed by atoms with Gasteiger partial charge in [-0.15, -0.1) is 11.8 Å². The van der Waals surface area contributed by atoms with Crippen LogP contribution in [0.1, 0.15) is 30.9 Å². The monoisotopic (exact) mass is 516 g/mol. The summed E-state index contributed by atoms with van der Waals surface area (Å²) in [5, 5.41) is 2.22. The summed E-state index contributed by atoms with van der Waals surface area (Å²) >= 11 is 6.94. The van der Waals surface area contributed by atoms with Crippen LogP contribution >= 0.6 is 23.4 Å². The third kappa shape index (κ3) is 5.01. The molecule has 2 unspecified atom stereocenters. The largest absolute Gasteiger partial charge is 0.459 e. The molecule has 2 aliphatic heterocycles. The van der Waals surface area contributed by atoms with E-state index in [1.807, 2.05) is 44.2 Å². The fraction of sp³-hybridized carbons (Fsp3) is 0.360. The SMILES string of the molecule is CC1(C)S[C@@H]2C(NC(=O)C(C(=O)OCCl)c3ccccc3)C(=O)N2[C@H]1C(=O)OCc1ccccc1. The number of amides is 2. The number of halogens is 1. The van der Waals surface area contributed by atoms with Crippen LogP contribution in [-0.2, 0) is 35.3 Å². The molecule has 35 heavy (non-hydrogen) atoms. The number of alkyl halides is 1. The Kier molecular flexibility index (Phi) is 7.37. The fourth-order valence-electron chi connectivity index (χ4n) is 4.35. The number of fused-ring (bicyclic) bond motifs is 1. The number of thioether (sulfide) groups is 1. The summed E-state index contributed by atoms with van der Waals surface area (Å²) in [6, 6.07) is 15.6. The maximum absolute atomic E-state index is 13.1. The van der Waals surface area contributed by atoms with E-state index < -0.39 is 57.9 Å². The lowest BCUT2D eigenvalue weighted by atomic mass is 9.94. The van der Waals surface area contributed by atoms with E-state index in [0.717, 1.165) is 5.56 Å². The molecule has 2 amide bonds. The molecule has 0 bridgehead atoms. The fourth-order valence-corrected chi connectivity index (χ4v) is 6.08. The molecular weight excluding hydrogens is 492 g/mol. The number of hydrogen-bond donors (Lipinski definition) is 1. The Bertz CT molecular complexity index is 1110. The molecule has 0 radical (unpaired) electrons. The molecule has 1 N–H and O–H groups in total. The minimum absolute atomic E-state index is 0.102. The highest BCUT2D eigenvalue weighted by molar-refractivity contribution is 8.01. The lowest BCUT2D eigenvalue weighted by Gasteiger charge is -2.44. The van der Waals surface area contributed by atoms with Crippen LogP contribution < -0.4 is 5.32 Å². The number of nitrogens with one attached hydrogen (secondary N) is 1. The molecule has 10 heteroatoms. The zero-order valence-electron chi connectivity index (χ0n) is 19.2. The van der Waals surface area contributed by atoms with Crippen molar-refractivity contribution in [2.75, 3.05) is 6.07 Å². The maximum Gasteiger partial charge on any atom is 0.330 e. The number of benzene rings is 2. The second kappa shape index (κ2) is 10.3. The second-order valence-corrected chi connectivity index (χ2v) is 10.7. The molecule has 0 saturated carbocycles. The minimum Gasteiger partial charge on any atom is -0.459 e. The van der Waals surface area contributed by atoms with Crippen LogP contribution in [0, 0.1) is 0 Å². The predicted octanol–water partition coefficient (Wildman–Crippen LogP) is 2.80. The average Bonchev–Trinajstić information content (AvgIpc) is 3.10. The summed E-state index contributed by atoms with van der Waals surface area (Å²) in [6.45, 7) is 3.83. The average molecular weight is 517 g/mol. The van der Waals surface area contributed by atoms with Crippen molar-refractivity contribution in [3.63, 3.8) is 0 Å². The molecular formula is C25H25ClN2O6S. The highest BCUT2D eigenvalue weighted by atomic mass is 35.5. The van der Waals surface area contributed by atoms with Gasteiger partial charge in [-0.2, -0.15) is 0 Å². The number of hydrogen-bond acceptors (Lipinski definition) is 7. The third-order valence-electron chi connectivity index (χ3n) is 6.01. The van der Waals surface area contributed by atoms with Gasteiger partial charge in [0.05, 0.1) is 0 Å². The molecule has 8 nitrogen and oxygen atoms in total. The van der Waals surface area contributed by atoms with Gasteiger partial charge < -0.3 is 19.7 Å². The van der Waals surface area contributed by atoms with Gasteiger partial charge >= 0.3 is 11.9 Å². The van der Waals surface area contributed by atoms with Crippen molar-refractivity contribution in [2.45, 2.75) is 48.6 Å². The van der Waals surface area contributed by atoms with Crippen LogP contribution in [-0.4, -0.2) is 56.9 Å². The van der Waals surface area contributed by atoms with Gasteiger partial charge in [0.1, 0.15) is 24.1 Å². The summed E-state index contributed by atoms with van der Waals surface area (Å²) in [4.78, 5) is 53.1. The van der Waals surface area contributed by atoms with Crippen LogP contribution in [0.3, 0.4) is 0 Å². The molecule has 0 aromatic heterocycles. The molecule has 184 valence electrons. The van der Waals surface area contributed by atoms with Crippen LogP contribution in [0.15, 0.2) is 60.7 Å². The Morgan fingerprint density at radius 3 is 2.31 bits per heavy atom. The van der Waals surface area contributed by atoms with Gasteiger partial charge in [-0.3, -0.25) is 14.4 Å². The smallest absolute Gasteiger partial charge is 0.330 e. The van der Waals surface area contributed by atoms with Gasteiger partial charge in [-0.05, 0) is 25.0 Å². The van der Waals surface area contributed by atoms with Crippen molar-refractivity contribution < 1.29 is 28.7 Å². The van der Waals surface area contributed by atoms with E-state index in [1.165, 1.54) is 16.7 Å². The van der Waals surface area contributed by atoms with Gasteiger partial charge in [-0.1, -0.05) is 72.3 Å². The first kappa shape index (κ1) is 25.1. The number of rotatable bonds is 8. The predicted molar refractivity (Wildman–Crippen MR) is 130 cm³/mol. The molecule has 2 aromatic rings. The Hall–Kier alpha value is -3.04. The van der Waals surface area contributed by atoms with Crippen molar-refractivity contribution in [3.8, 4) is 0 Å². The molecule has 0 spiro atoms. The molecule has 2 aliphatic rings. The molecule has 2 aromatic carbocycles. The first-order valence-electron chi connectivity index (χ1n) is 11.0. The van der Waals surface area contributed by atoms with Crippen LogP contribution in [0.25, 0.3) is 0 Å². The van der Waals surface area contributed by atoms with Crippen LogP contribution in [0.2, 0.25) is 0 Å². The molecule has 2 saturated heterocycles. The van der Waals surface area contributed by atoms with Crippen LogP contribution in [0.4, 0.5) is 0 Å². The Labute approximate surface area is 212 Å². The number of nitrogens with zero attached hydrogens (tertiary/aromatic N) is 1. The molecule has 2 heterocycles. The summed E-state index contributed by atoms with van der Waals surface area (Å²) in [6.07, 6.45) is 0. The first-order valence-corrected chi connectivity index (χ1v) is 12.4. The molecule has 4 atom stereocenters. The summed E-state index contributed by atoms with van der Waals surface area (Å²) < 4.78 is 9.75. The van der Waals surface area contributed by atoms with Gasteiger partial charge in [0.2, 0.25) is 11.8 Å². The van der Waals surface area contributed by atoms with Gasteiger partial charge in [0.15, 0.2) is 12.0 Å². The topological polar surface area (TPSA) is 102 Å². The highest BCUT2D eigenvalue weighted by Crippen LogP contribution is 2.51. The standard InChI is InChI=1S/C25H25ClN2O6S/c1-25(2)19(24(32)33-13-15-9-5-3-6-10-15)28-21(30)18(22(28)35-25)27-20(29)17(23(31)34-14-26)16-11-7-4-8-12-16/h3-12,17-19,22H,13-14H2,1-2H3,(H,27,29)/t17?,18?,19-,22+/m0/s1. The number of carbonyl (C=O) groups is 4. The highest BCUT2D eigenvalue weighted by Gasteiger charge is 2.64. The van der Waals surface area contributed by atoms with E-state index in [-0.39, 0.29) is 6.61 Å². The lowest BCUT2D eigenvalue weighted by Crippen LogP contribution is -2.71. The zero-order chi connectivity index (χ0) is 25.2. The van der Waals surface area contributed by atoms with E-state index in [9.17, 15) is 19.2 Å². The first-order chi connectivity index (χ1) is 16.7. The summed E-state index contributed by atoms with van der Waals surface area (Å²) in [5.74, 6) is -3.66. The molecule has 2 fully saturated rings. The number of carbonyl (C=O) groups excluding carboxylic acids is 4. The van der Waals surface area contributed by atoms with E-state index in [1.54, 1.807) is 30.3 Å². The maximum atomic E-state index is 13.1. The number of esters is 2. The minimum atomic E-state index is -1.28. The lowest BCUT2D eigenvalue weighted by molar-refractivity contribution is -0.165. The van der Waals surface area contributed by atoms with E-state index >= 15 is 0 Å². The second-order valence-electron chi connectivity index (χ2n) is 8.76. The normalized spacial score (nSPS) is 23.0. The number of β-lactam (4-membered cyclic amide) rings is 1. The quantitative estimate of drug-likeness (QED) is 0.249. The third-order valence-corrected chi connectivity index (χ3v) is 7.69. The van der Waals surface area contributed by atoms with E-state index in [0.29, 0.717) is 5.56 Å². The van der Waals surface area contributed by atoms with E-state index in [4.69, 9.17) is 21.1 Å². The van der Waals surface area contributed by atoms with Crippen molar-refractivity contribution >= 4 is 47.1 Å². The summed E-state index contributed by atoms with van der Waals surface area (Å²) in [7, 11) is 0. The van der Waals surface area contributed by atoms with Gasteiger partial charge in [0.25, 0.3) is 0 Å². The van der Waals surface area contributed by atoms with Crippen molar-refractivity contribution in [2.24, 2.45) is 0 Å². The molecule has 0 aliphatic carbocycles. The zero-order valence-corrected chi connectivity index (χ0v) is 20.8. The Balaban J connectivity index is 1.46. The summed E-state index contributed by atoms with van der Waals surface area (Å²) in [5.41, 5.74) is 1.27. The van der Waals surface area contributed by atoms with Crippen molar-refractivity contribution in [1.82, 2.24) is 10.2 Å². The van der Waals surface area contributed by atoms with Gasteiger partial charge in [-0.25, -0.2) is 4.79 Å². The Morgan fingerprint density at radius 2 is 1.69 bits per heavy atom. The van der Waals surface area contributed by atoms with E-state index in [2.05, 4.69) is 5.32 Å². The number of ether oxygens (including phenoxy) is 2. The van der Waals surface area contributed by atoms with Crippen LogP contribution in [0.5, 0.6) is 0 Å².